The van der Waals surface area contributed by atoms with E-state index in [0.717, 1.165) is 36.6 Å². The summed E-state index contributed by atoms with van der Waals surface area (Å²) in [4.78, 5) is 0. The molecule has 156 valence electrons. The van der Waals surface area contributed by atoms with E-state index in [4.69, 9.17) is 4.74 Å². The number of halogens is 2. The monoisotopic (exact) mass is 446 g/mol. The van der Waals surface area contributed by atoms with Crippen molar-refractivity contribution in [1.82, 2.24) is 5.32 Å². The molecular formula is C20H28Cl2N2O3S. The van der Waals surface area contributed by atoms with Crippen molar-refractivity contribution in [3.63, 3.8) is 0 Å². The van der Waals surface area contributed by atoms with Crippen LogP contribution in [0.2, 0.25) is 0 Å². The fourth-order valence-corrected chi connectivity index (χ4v) is 4.27. The summed E-state index contributed by atoms with van der Waals surface area (Å²) in [5, 5.41) is 6.81. The minimum Gasteiger partial charge on any atom is -0.485 e. The first-order valence-electron chi connectivity index (χ1n) is 8.87. The van der Waals surface area contributed by atoms with Gasteiger partial charge in [-0.1, -0.05) is 43.3 Å². The van der Waals surface area contributed by atoms with E-state index in [9.17, 15) is 8.42 Å². The van der Waals surface area contributed by atoms with Gasteiger partial charge in [0.25, 0.3) is 0 Å². The molecule has 0 amide bonds. The molecule has 0 spiro atoms. The van der Waals surface area contributed by atoms with Crippen LogP contribution in [0.15, 0.2) is 48.5 Å². The van der Waals surface area contributed by atoms with Gasteiger partial charge in [-0.2, -0.15) is 0 Å². The van der Waals surface area contributed by atoms with Crippen molar-refractivity contribution in [2.45, 2.75) is 25.5 Å². The molecule has 0 saturated carbocycles. The van der Waals surface area contributed by atoms with Crippen molar-refractivity contribution >= 4 is 40.3 Å². The van der Waals surface area contributed by atoms with E-state index in [1.807, 2.05) is 43.3 Å². The molecule has 28 heavy (non-hydrogen) atoms. The Morgan fingerprint density at radius 3 is 2.50 bits per heavy atom. The third-order valence-corrected chi connectivity index (χ3v) is 5.61. The van der Waals surface area contributed by atoms with Crippen LogP contribution in [-0.4, -0.2) is 39.6 Å². The molecule has 0 radical (unpaired) electrons. The van der Waals surface area contributed by atoms with Crippen LogP contribution < -0.4 is 15.4 Å². The lowest BCUT2D eigenvalue weighted by atomic mass is 10.0. The number of nitrogens with one attached hydrogen (secondary N) is 2. The Morgan fingerprint density at radius 1 is 1.14 bits per heavy atom. The van der Waals surface area contributed by atoms with E-state index in [0.29, 0.717) is 0 Å². The maximum absolute atomic E-state index is 11.4. The average molecular weight is 447 g/mol. The van der Waals surface area contributed by atoms with Crippen LogP contribution >= 0.6 is 24.8 Å². The molecule has 1 unspecified atom stereocenters. The minimum atomic E-state index is -2.96. The van der Waals surface area contributed by atoms with Crippen molar-refractivity contribution in [2.75, 3.05) is 30.4 Å². The second-order valence-corrected chi connectivity index (χ2v) is 9.17. The zero-order valence-corrected chi connectivity index (χ0v) is 18.5. The maximum Gasteiger partial charge on any atom is 0.148 e. The van der Waals surface area contributed by atoms with Gasteiger partial charge in [-0.3, -0.25) is 0 Å². The van der Waals surface area contributed by atoms with Crippen molar-refractivity contribution in [3.05, 3.63) is 59.7 Å². The van der Waals surface area contributed by atoms with Gasteiger partial charge in [-0.15, -0.1) is 24.8 Å². The first-order valence-corrected chi connectivity index (χ1v) is 10.9. The summed E-state index contributed by atoms with van der Waals surface area (Å²) in [6.45, 7) is 4.24. The Morgan fingerprint density at radius 2 is 1.82 bits per heavy atom. The Bertz CT molecular complexity index is 845. The predicted octanol–water partition coefficient (Wildman–Crippen LogP) is 3.64. The van der Waals surface area contributed by atoms with Crippen molar-refractivity contribution in [1.29, 1.82) is 0 Å². The van der Waals surface area contributed by atoms with Gasteiger partial charge in [-0.25, -0.2) is 8.42 Å². The van der Waals surface area contributed by atoms with Crippen LogP contribution in [0.1, 0.15) is 24.0 Å². The lowest BCUT2D eigenvalue weighted by molar-refractivity contribution is 0.201. The molecule has 2 aromatic rings. The zero-order chi connectivity index (χ0) is 18.6. The van der Waals surface area contributed by atoms with Crippen LogP contribution in [0.4, 0.5) is 5.69 Å². The first kappa shape index (κ1) is 24.6. The van der Waals surface area contributed by atoms with Gasteiger partial charge in [0.2, 0.25) is 0 Å². The largest absolute Gasteiger partial charge is 0.485 e. The van der Waals surface area contributed by atoms with Crippen molar-refractivity contribution in [3.8, 4) is 5.75 Å². The summed E-state index contributed by atoms with van der Waals surface area (Å²) in [6.07, 6.45) is 1.38. The molecule has 8 heteroatoms. The molecule has 0 fully saturated rings. The van der Waals surface area contributed by atoms with Gasteiger partial charge in [-0.05, 0) is 29.2 Å². The zero-order valence-electron chi connectivity index (χ0n) is 16.1. The summed E-state index contributed by atoms with van der Waals surface area (Å²) in [5.74, 6) is 1.08. The molecule has 0 aromatic heterocycles. The summed E-state index contributed by atoms with van der Waals surface area (Å²) >= 11 is 0. The van der Waals surface area contributed by atoms with Crippen LogP contribution in [-0.2, 0) is 16.4 Å². The van der Waals surface area contributed by atoms with E-state index in [-0.39, 0.29) is 42.6 Å². The lowest BCUT2D eigenvalue weighted by Gasteiger charge is -2.27. The highest BCUT2D eigenvalue weighted by Crippen LogP contribution is 2.27. The van der Waals surface area contributed by atoms with Gasteiger partial charge in [0.15, 0.2) is 0 Å². The number of hydrogen-bond acceptors (Lipinski definition) is 5. The third-order valence-electron chi connectivity index (χ3n) is 4.50. The molecule has 0 bridgehead atoms. The van der Waals surface area contributed by atoms with E-state index in [2.05, 4.69) is 22.8 Å². The molecule has 1 aliphatic rings. The van der Waals surface area contributed by atoms with E-state index >= 15 is 0 Å². The van der Waals surface area contributed by atoms with E-state index in [1.165, 1.54) is 11.8 Å². The summed E-state index contributed by atoms with van der Waals surface area (Å²) in [5.41, 5.74) is 3.27. The summed E-state index contributed by atoms with van der Waals surface area (Å²) < 4.78 is 28.8. The molecule has 2 atom stereocenters. The quantitative estimate of drug-likeness (QED) is 0.679. The number of hydrogen-bond donors (Lipinski definition) is 2. The normalized spacial score (nSPS) is 16.4. The number of sulfone groups is 1. The predicted molar refractivity (Wildman–Crippen MR) is 120 cm³/mol. The third kappa shape index (κ3) is 7.17. The van der Waals surface area contributed by atoms with Crippen LogP contribution in [0.5, 0.6) is 5.75 Å². The number of para-hydroxylation sites is 2. The molecule has 5 nitrogen and oxygen atoms in total. The molecular weight excluding hydrogens is 419 g/mol. The second kappa shape index (κ2) is 10.9. The molecule has 1 aliphatic heterocycles. The molecule has 2 N–H and O–H groups in total. The fraction of sp³-hybridized carbons (Fsp3) is 0.400. The van der Waals surface area contributed by atoms with Crippen LogP contribution in [0.3, 0.4) is 0 Å². The van der Waals surface area contributed by atoms with Crippen LogP contribution in [0.25, 0.3) is 0 Å². The Balaban J connectivity index is 0.00000196. The summed E-state index contributed by atoms with van der Waals surface area (Å²) in [6, 6.07) is 16.1. The standard InChI is InChI=1S/C20H26N2O3S.2ClH/c1-15(14-26(2,23)24)17-9-7-16(8-10-17)11-21-12-18-13-22-19-5-3-4-6-20(19)25-18;;/h3-10,15,18,21-22H,11-14H2,1-2H3;2*1H/t15-,18?;;/m0../s1. The second-order valence-electron chi connectivity index (χ2n) is 6.98. The Labute approximate surface area is 180 Å². The Kier molecular flexibility index (Phi) is 9.57. The van der Waals surface area contributed by atoms with Gasteiger partial charge in [0, 0.05) is 19.3 Å². The fourth-order valence-electron chi connectivity index (χ4n) is 3.17. The molecule has 2 aromatic carbocycles. The highest BCUT2D eigenvalue weighted by molar-refractivity contribution is 7.90. The summed E-state index contributed by atoms with van der Waals surface area (Å²) in [7, 11) is -2.96. The van der Waals surface area contributed by atoms with Crippen molar-refractivity contribution < 1.29 is 13.2 Å². The number of ether oxygens (including phenoxy) is 1. The van der Waals surface area contributed by atoms with E-state index in [1.54, 1.807) is 0 Å². The lowest BCUT2D eigenvalue weighted by Crippen LogP contribution is -2.39. The smallest absolute Gasteiger partial charge is 0.148 e. The van der Waals surface area contributed by atoms with E-state index < -0.39 is 9.84 Å². The van der Waals surface area contributed by atoms with Crippen LogP contribution in [0, 0.1) is 0 Å². The van der Waals surface area contributed by atoms with Gasteiger partial charge >= 0.3 is 0 Å². The Hall–Kier alpha value is -1.47. The molecule has 0 saturated heterocycles. The number of anilines is 1. The molecule has 0 aliphatic carbocycles. The highest BCUT2D eigenvalue weighted by Gasteiger charge is 2.18. The number of benzene rings is 2. The minimum absolute atomic E-state index is 0. The average Bonchev–Trinajstić information content (AvgIpc) is 2.61. The highest BCUT2D eigenvalue weighted by atomic mass is 35.5. The van der Waals surface area contributed by atoms with Crippen molar-refractivity contribution in [2.24, 2.45) is 0 Å². The molecule has 3 rings (SSSR count). The number of rotatable bonds is 7. The van der Waals surface area contributed by atoms with Gasteiger partial charge in [0.1, 0.15) is 21.7 Å². The first-order chi connectivity index (χ1) is 12.4. The van der Waals surface area contributed by atoms with Gasteiger partial charge in [0.05, 0.1) is 18.0 Å². The topological polar surface area (TPSA) is 67.4 Å². The molecule has 1 heterocycles. The SMILES string of the molecule is C[C@@H](CS(C)(=O)=O)c1ccc(CNCC2CNc3ccccc3O2)cc1.Cl.Cl. The van der Waals surface area contributed by atoms with Gasteiger partial charge < -0.3 is 15.4 Å². The maximum atomic E-state index is 11.4. The number of fused-ring (bicyclic) bond motifs is 1.